The van der Waals surface area contributed by atoms with Crippen LogP contribution in [0.25, 0.3) is 0 Å². The molecule has 0 radical (unpaired) electrons. The SMILES string of the molecule is CCN(C(=O)CS(=O)c1ccccc1N)C1CC1. The third-order valence-corrected chi connectivity index (χ3v) is 4.44. The van der Waals surface area contributed by atoms with Crippen molar-refractivity contribution in [3.8, 4) is 0 Å². The van der Waals surface area contributed by atoms with Gasteiger partial charge in [-0.3, -0.25) is 9.00 Å². The molecule has 4 nitrogen and oxygen atoms in total. The summed E-state index contributed by atoms with van der Waals surface area (Å²) in [6, 6.07) is 7.36. The summed E-state index contributed by atoms with van der Waals surface area (Å²) in [5.74, 6) is -0.0139. The molecule has 0 heterocycles. The number of benzene rings is 1. The zero-order valence-corrected chi connectivity index (χ0v) is 11.3. The Labute approximate surface area is 110 Å². The summed E-state index contributed by atoms with van der Waals surface area (Å²) >= 11 is 0. The second-order valence-corrected chi connectivity index (χ2v) is 5.86. The van der Waals surface area contributed by atoms with E-state index in [9.17, 15) is 9.00 Å². The maximum Gasteiger partial charge on any atom is 0.235 e. The van der Waals surface area contributed by atoms with E-state index in [4.69, 9.17) is 5.73 Å². The predicted octanol–water partition coefficient (Wildman–Crippen LogP) is 1.39. The number of nitrogens with two attached hydrogens (primary N) is 1. The third kappa shape index (κ3) is 2.90. The number of carbonyl (C=O) groups excluding carboxylic acids is 1. The number of carbonyl (C=O) groups is 1. The molecule has 1 amide bonds. The van der Waals surface area contributed by atoms with Crippen molar-refractivity contribution >= 4 is 22.4 Å². The Kier molecular flexibility index (Phi) is 4.01. The highest BCUT2D eigenvalue weighted by Gasteiger charge is 2.32. The number of para-hydroxylation sites is 1. The summed E-state index contributed by atoms with van der Waals surface area (Å²) in [5.41, 5.74) is 6.24. The van der Waals surface area contributed by atoms with Crippen molar-refractivity contribution in [2.45, 2.75) is 30.7 Å². The quantitative estimate of drug-likeness (QED) is 0.819. The first-order valence-corrected chi connectivity index (χ1v) is 7.47. The molecule has 1 saturated carbocycles. The van der Waals surface area contributed by atoms with Gasteiger partial charge in [0.2, 0.25) is 5.91 Å². The molecule has 2 rings (SSSR count). The molecular formula is C13H18N2O2S. The van der Waals surface area contributed by atoms with E-state index in [-0.39, 0.29) is 11.7 Å². The molecule has 0 bridgehead atoms. The summed E-state index contributed by atoms with van der Waals surface area (Å²) in [4.78, 5) is 14.4. The Hall–Kier alpha value is -1.36. The van der Waals surface area contributed by atoms with Crippen molar-refractivity contribution in [2.75, 3.05) is 18.0 Å². The zero-order valence-electron chi connectivity index (χ0n) is 10.5. The van der Waals surface area contributed by atoms with Gasteiger partial charge in [-0.05, 0) is 31.9 Å². The largest absolute Gasteiger partial charge is 0.398 e. The van der Waals surface area contributed by atoms with Crippen LogP contribution in [0, 0.1) is 0 Å². The molecule has 1 aliphatic rings. The summed E-state index contributed by atoms with van der Waals surface area (Å²) in [6.07, 6.45) is 2.14. The molecule has 18 heavy (non-hydrogen) atoms. The second-order valence-electron chi connectivity index (χ2n) is 4.44. The fraction of sp³-hybridized carbons (Fsp3) is 0.462. The Morgan fingerprint density at radius 1 is 1.44 bits per heavy atom. The summed E-state index contributed by atoms with van der Waals surface area (Å²) in [6.45, 7) is 2.64. The van der Waals surface area contributed by atoms with Gasteiger partial charge in [-0.25, -0.2) is 0 Å². The maximum absolute atomic E-state index is 12.1. The van der Waals surface area contributed by atoms with Gasteiger partial charge in [0.05, 0.1) is 15.7 Å². The molecule has 5 heteroatoms. The first-order valence-electron chi connectivity index (χ1n) is 6.15. The van der Waals surface area contributed by atoms with Gasteiger partial charge in [-0.15, -0.1) is 0 Å². The first kappa shape index (κ1) is 13.1. The lowest BCUT2D eigenvalue weighted by Crippen LogP contribution is -2.36. The molecule has 1 fully saturated rings. The average Bonchev–Trinajstić information content (AvgIpc) is 3.15. The minimum absolute atomic E-state index is 0.0263. The van der Waals surface area contributed by atoms with Gasteiger partial charge in [0.1, 0.15) is 5.75 Å². The van der Waals surface area contributed by atoms with Crippen molar-refractivity contribution in [2.24, 2.45) is 0 Å². The first-order chi connectivity index (χ1) is 8.63. The lowest BCUT2D eigenvalue weighted by molar-refractivity contribution is -0.128. The van der Waals surface area contributed by atoms with E-state index in [1.54, 1.807) is 24.3 Å². The smallest absolute Gasteiger partial charge is 0.235 e. The fourth-order valence-corrected chi connectivity index (χ4v) is 3.09. The van der Waals surface area contributed by atoms with Crippen LogP contribution in [0.4, 0.5) is 5.69 Å². The molecule has 1 aromatic carbocycles. The minimum Gasteiger partial charge on any atom is -0.398 e. The van der Waals surface area contributed by atoms with Crippen molar-refractivity contribution in [3.63, 3.8) is 0 Å². The summed E-state index contributed by atoms with van der Waals surface area (Å²) < 4.78 is 12.1. The van der Waals surface area contributed by atoms with E-state index in [0.29, 0.717) is 23.2 Å². The van der Waals surface area contributed by atoms with Crippen LogP contribution in [-0.4, -0.2) is 33.4 Å². The molecule has 1 aliphatic carbocycles. The number of anilines is 1. The lowest BCUT2D eigenvalue weighted by Gasteiger charge is -2.20. The maximum atomic E-state index is 12.1. The number of hydrogen-bond donors (Lipinski definition) is 1. The van der Waals surface area contributed by atoms with Gasteiger partial charge >= 0.3 is 0 Å². The lowest BCUT2D eigenvalue weighted by atomic mass is 10.3. The standard InChI is InChI=1S/C13H18N2O2S/c1-2-15(10-7-8-10)13(16)9-18(17)12-6-4-3-5-11(12)14/h3-6,10H,2,7-9,14H2,1H3. The Morgan fingerprint density at radius 2 is 2.11 bits per heavy atom. The molecule has 0 aliphatic heterocycles. The van der Waals surface area contributed by atoms with Gasteiger partial charge < -0.3 is 10.6 Å². The van der Waals surface area contributed by atoms with Crippen molar-refractivity contribution < 1.29 is 9.00 Å². The topological polar surface area (TPSA) is 63.4 Å². The predicted molar refractivity (Wildman–Crippen MR) is 72.5 cm³/mol. The number of amides is 1. The van der Waals surface area contributed by atoms with Crippen LogP contribution in [-0.2, 0) is 15.6 Å². The van der Waals surface area contributed by atoms with E-state index < -0.39 is 10.8 Å². The van der Waals surface area contributed by atoms with Crippen LogP contribution >= 0.6 is 0 Å². The third-order valence-electron chi connectivity index (χ3n) is 3.07. The van der Waals surface area contributed by atoms with E-state index >= 15 is 0 Å². The van der Waals surface area contributed by atoms with Crippen molar-refractivity contribution in [1.82, 2.24) is 4.90 Å². The molecule has 0 spiro atoms. The minimum atomic E-state index is -1.35. The zero-order chi connectivity index (χ0) is 13.1. The van der Waals surface area contributed by atoms with E-state index in [0.717, 1.165) is 12.8 Å². The molecule has 1 unspecified atom stereocenters. The Bertz CT molecular complexity index is 472. The average molecular weight is 266 g/mol. The van der Waals surface area contributed by atoms with E-state index in [2.05, 4.69) is 0 Å². The molecular weight excluding hydrogens is 248 g/mol. The summed E-state index contributed by atoms with van der Waals surface area (Å²) in [7, 11) is -1.35. The van der Waals surface area contributed by atoms with Crippen molar-refractivity contribution in [3.05, 3.63) is 24.3 Å². The van der Waals surface area contributed by atoms with Crippen LogP contribution < -0.4 is 5.73 Å². The van der Waals surface area contributed by atoms with Crippen LogP contribution in [0.2, 0.25) is 0 Å². The molecule has 98 valence electrons. The van der Waals surface area contributed by atoms with Gasteiger partial charge in [0.15, 0.2) is 0 Å². The number of nitrogen functional groups attached to an aromatic ring is 1. The number of rotatable bonds is 5. The molecule has 1 atom stereocenters. The Balaban J connectivity index is 2.03. The van der Waals surface area contributed by atoms with Crippen LogP contribution in [0.3, 0.4) is 0 Å². The number of nitrogens with zero attached hydrogens (tertiary/aromatic N) is 1. The molecule has 2 N–H and O–H groups in total. The van der Waals surface area contributed by atoms with Gasteiger partial charge in [0, 0.05) is 18.3 Å². The van der Waals surface area contributed by atoms with E-state index in [1.807, 2.05) is 11.8 Å². The van der Waals surface area contributed by atoms with Crippen LogP contribution in [0.15, 0.2) is 29.2 Å². The monoisotopic (exact) mass is 266 g/mol. The van der Waals surface area contributed by atoms with Gasteiger partial charge in [0.25, 0.3) is 0 Å². The highest BCUT2D eigenvalue weighted by atomic mass is 32.2. The van der Waals surface area contributed by atoms with Crippen LogP contribution in [0.5, 0.6) is 0 Å². The molecule has 0 aromatic heterocycles. The van der Waals surface area contributed by atoms with E-state index in [1.165, 1.54) is 0 Å². The Morgan fingerprint density at radius 3 is 2.67 bits per heavy atom. The molecule has 1 aromatic rings. The van der Waals surface area contributed by atoms with Crippen LogP contribution in [0.1, 0.15) is 19.8 Å². The normalized spacial score (nSPS) is 16.3. The molecule has 0 saturated heterocycles. The highest BCUT2D eigenvalue weighted by Crippen LogP contribution is 2.27. The van der Waals surface area contributed by atoms with Crippen molar-refractivity contribution in [1.29, 1.82) is 0 Å². The van der Waals surface area contributed by atoms with Gasteiger partial charge in [-0.2, -0.15) is 0 Å². The second kappa shape index (κ2) is 5.52. The number of hydrogen-bond acceptors (Lipinski definition) is 3. The fourth-order valence-electron chi connectivity index (χ4n) is 1.99. The summed E-state index contributed by atoms with van der Waals surface area (Å²) in [5, 5.41) is 0. The van der Waals surface area contributed by atoms with Gasteiger partial charge in [-0.1, -0.05) is 12.1 Å². The highest BCUT2D eigenvalue weighted by molar-refractivity contribution is 7.86.